The number of rotatable bonds is 1. The SMILES string of the molecule is NC1CCC2CN(C(=O)C3SCCc4ccccc43)CC12. The average Bonchev–Trinajstić information content (AvgIpc) is 3.08. The second-order valence-corrected chi connectivity index (χ2v) is 7.82. The predicted octanol–water partition coefficient (Wildman–Crippen LogP) is 2.21. The fraction of sp³-hybridized carbons (Fsp3) is 0.588. The molecule has 2 N–H and O–H groups in total. The van der Waals surface area contributed by atoms with Crippen molar-refractivity contribution in [3.05, 3.63) is 35.4 Å². The average molecular weight is 302 g/mol. The molecule has 2 heterocycles. The van der Waals surface area contributed by atoms with E-state index in [1.54, 1.807) is 0 Å². The fourth-order valence-electron chi connectivity index (χ4n) is 4.25. The van der Waals surface area contributed by atoms with Crippen molar-refractivity contribution in [2.45, 2.75) is 30.6 Å². The Morgan fingerprint density at radius 3 is 2.95 bits per heavy atom. The summed E-state index contributed by atoms with van der Waals surface area (Å²) in [6.07, 6.45) is 3.42. The second kappa shape index (κ2) is 5.33. The molecule has 112 valence electrons. The van der Waals surface area contributed by atoms with Gasteiger partial charge < -0.3 is 10.6 Å². The molecular formula is C17H22N2OS. The van der Waals surface area contributed by atoms with Crippen LogP contribution < -0.4 is 5.73 Å². The van der Waals surface area contributed by atoms with Crippen LogP contribution >= 0.6 is 11.8 Å². The first kappa shape index (κ1) is 13.6. The smallest absolute Gasteiger partial charge is 0.240 e. The number of nitrogens with zero attached hydrogens (tertiary/aromatic N) is 1. The van der Waals surface area contributed by atoms with Crippen LogP contribution in [-0.2, 0) is 11.2 Å². The third-order valence-corrected chi connectivity index (χ3v) is 6.67. The Hall–Kier alpha value is -1.00. The minimum Gasteiger partial charge on any atom is -0.341 e. The highest BCUT2D eigenvalue weighted by atomic mass is 32.2. The minimum atomic E-state index is 0.00463. The molecule has 4 unspecified atom stereocenters. The summed E-state index contributed by atoms with van der Waals surface area (Å²) in [5.41, 5.74) is 8.78. The molecule has 0 aromatic heterocycles. The highest BCUT2D eigenvalue weighted by Gasteiger charge is 2.44. The molecule has 1 aromatic carbocycles. The monoisotopic (exact) mass is 302 g/mol. The molecule has 21 heavy (non-hydrogen) atoms. The maximum absolute atomic E-state index is 13.0. The summed E-state index contributed by atoms with van der Waals surface area (Å²) in [5.74, 6) is 2.55. The number of benzene rings is 1. The van der Waals surface area contributed by atoms with Gasteiger partial charge in [0.1, 0.15) is 5.25 Å². The Balaban J connectivity index is 1.54. The van der Waals surface area contributed by atoms with Crippen molar-refractivity contribution < 1.29 is 4.79 Å². The largest absolute Gasteiger partial charge is 0.341 e. The van der Waals surface area contributed by atoms with Crippen molar-refractivity contribution >= 4 is 17.7 Å². The van der Waals surface area contributed by atoms with Crippen LogP contribution in [0.4, 0.5) is 0 Å². The number of fused-ring (bicyclic) bond motifs is 2. The van der Waals surface area contributed by atoms with Gasteiger partial charge in [0.05, 0.1) is 0 Å². The van der Waals surface area contributed by atoms with Crippen LogP contribution in [0.25, 0.3) is 0 Å². The summed E-state index contributed by atoms with van der Waals surface area (Å²) in [6, 6.07) is 8.74. The van der Waals surface area contributed by atoms with Crippen molar-refractivity contribution in [3.63, 3.8) is 0 Å². The second-order valence-electron chi connectivity index (χ2n) is 6.61. The first-order valence-electron chi connectivity index (χ1n) is 7.98. The number of likely N-dealkylation sites (tertiary alicyclic amines) is 1. The number of hydrogen-bond acceptors (Lipinski definition) is 3. The van der Waals surface area contributed by atoms with Crippen molar-refractivity contribution in [1.29, 1.82) is 0 Å². The van der Waals surface area contributed by atoms with E-state index in [-0.39, 0.29) is 5.25 Å². The topological polar surface area (TPSA) is 46.3 Å². The van der Waals surface area contributed by atoms with Crippen LogP contribution in [0, 0.1) is 11.8 Å². The summed E-state index contributed by atoms with van der Waals surface area (Å²) >= 11 is 1.81. The summed E-state index contributed by atoms with van der Waals surface area (Å²) < 4.78 is 0. The number of amides is 1. The lowest BCUT2D eigenvalue weighted by Crippen LogP contribution is -2.36. The number of carbonyl (C=O) groups excluding carboxylic acids is 1. The first-order valence-corrected chi connectivity index (χ1v) is 9.02. The highest BCUT2D eigenvalue weighted by Crippen LogP contribution is 2.42. The third kappa shape index (κ3) is 2.29. The zero-order valence-electron chi connectivity index (χ0n) is 12.2. The third-order valence-electron chi connectivity index (χ3n) is 5.44. The van der Waals surface area contributed by atoms with Crippen molar-refractivity contribution in [2.75, 3.05) is 18.8 Å². The summed E-state index contributed by atoms with van der Waals surface area (Å²) in [5, 5.41) is 0.00463. The predicted molar refractivity (Wildman–Crippen MR) is 86.1 cm³/mol. The maximum Gasteiger partial charge on any atom is 0.240 e. The molecule has 2 aliphatic heterocycles. The van der Waals surface area contributed by atoms with E-state index in [4.69, 9.17) is 5.73 Å². The first-order chi connectivity index (χ1) is 10.2. The van der Waals surface area contributed by atoms with E-state index in [0.717, 1.165) is 31.7 Å². The van der Waals surface area contributed by atoms with Gasteiger partial charge in [0.15, 0.2) is 0 Å². The molecule has 3 aliphatic rings. The number of hydrogen-bond donors (Lipinski definition) is 1. The molecule has 2 fully saturated rings. The molecule has 1 saturated carbocycles. The summed E-state index contributed by atoms with van der Waals surface area (Å²) in [7, 11) is 0. The Morgan fingerprint density at radius 2 is 2.10 bits per heavy atom. The standard InChI is InChI=1S/C17H22N2OS/c18-15-6-5-12-9-19(10-14(12)15)17(20)16-13-4-2-1-3-11(13)7-8-21-16/h1-4,12,14-16H,5-10,18H2. The van der Waals surface area contributed by atoms with Crippen LogP contribution in [0.15, 0.2) is 24.3 Å². The molecule has 0 radical (unpaired) electrons. The Kier molecular flexibility index (Phi) is 3.46. The van der Waals surface area contributed by atoms with Gasteiger partial charge in [-0.2, -0.15) is 0 Å². The molecule has 3 nitrogen and oxygen atoms in total. The van der Waals surface area contributed by atoms with Crippen LogP contribution in [0.2, 0.25) is 0 Å². The molecule has 0 bridgehead atoms. The van der Waals surface area contributed by atoms with Crippen molar-refractivity contribution in [1.82, 2.24) is 4.90 Å². The quantitative estimate of drug-likeness (QED) is 0.865. The molecule has 4 atom stereocenters. The van der Waals surface area contributed by atoms with Crippen LogP contribution in [-0.4, -0.2) is 35.7 Å². The van der Waals surface area contributed by atoms with E-state index in [2.05, 4.69) is 29.2 Å². The lowest BCUT2D eigenvalue weighted by Gasteiger charge is -2.28. The molecule has 1 amide bonds. The van der Waals surface area contributed by atoms with Gasteiger partial charge in [-0.1, -0.05) is 24.3 Å². The van der Waals surface area contributed by atoms with Gasteiger partial charge in [0.2, 0.25) is 5.91 Å². The van der Waals surface area contributed by atoms with E-state index >= 15 is 0 Å². The number of aryl methyl sites for hydroxylation is 1. The Labute approximate surface area is 130 Å². The highest BCUT2D eigenvalue weighted by molar-refractivity contribution is 8.00. The number of nitrogens with two attached hydrogens (primary N) is 1. The lowest BCUT2D eigenvalue weighted by atomic mass is 9.98. The maximum atomic E-state index is 13.0. The van der Waals surface area contributed by atoms with Crippen LogP contribution in [0.5, 0.6) is 0 Å². The number of thioether (sulfide) groups is 1. The summed E-state index contributed by atoms with van der Waals surface area (Å²) in [6.45, 7) is 1.81. The van der Waals surface area contributed by atoms with E-state index in [9.17, 15) is 4.79 Å². The van der Waals surface area contributed by atoms with Gasteiger partial charge in [-0.15, -0.1) is 11.8 Å². The van der Waals surface area contributed by atoms with Gasteiger partial charge in [0, 0.05) is 19.1 Å². The Morgan fingerprint density at radius 1 is 1.24 bits per heavy atom. The molecule has 1 aromatic rings. The zero-order chi connectivity index (χ0) is 14.4. The van der Waals surface area contributed by atoms with Crippen molar-refractivity contribution in [2.24, 2.45) is 17.6 Å². The van der Waals surface area contributed by atoms with Gasteiger partial charge in [-0.3, -0.25) is 4.79 Å². The zero-order valence-corrected chi connectivity index (χ0v) is 13.0. The van der Waals surface area contributed by atoms with E-state index in [1.165, 1.54) is 17.5 Å². The molecule has 1 saturated heterocycles. The van der Waals surface area contributed by atoms with Gasteiger partial charge in [-0.05, 0) is 48.0 Å². The minimum absolute atomic E-state index is 0.00463. The van der Waals surface area contributed by atoms with Crippen molar-refractivity contribution in [3.8, 4) is 0 Å². The molecule has 4 rings (SSSR count). The molecular weight excluding hydrogens is 280 g/mol. The van der Waals surface area contributed by atoms with Gasteiger partial charge >= 0.3 is 0 Å². The Bertz CT molecular complexity index is 561. The molecule has 1 aliphatic carbocycles. The molecule has 0 spiro atoms. The van der Waals surface area contributed by atoms with Gasteiger partial charge in [-0.25, -0.2) is 0 Å². The fourth-order valence-corrected chi connectivity index (χ4v) is 5.53. The van der Waals surface area contributed by atoms with Crippen LogP contribution in [0.3, 0.4) is 0 Å². The number of carbonyl (C=O) groups is 1. The molecule has 4 heteroatoms. The van der Waals surface area contributed by atoms with E-state index < -0.39 is 0 Å². The van der Waals surface area contributed by atoms with E-state index in [1.807, 2.05) is 11.8 Å². The van der Waals surface area contributed by atoms with E-state index in [0.29, 0.717) is 23.8 Å². The van der Waals surface area contributed by atoms with Crippen LogP contribution in [0.1, 0.15) is 29.2 Å². The van der Waals surface area contributed by atoms with Gasteiger partial charge in [0.25, 0.3) is 0 Å². The lowest BCUT2D eigenvalue weighted by molar-refractivity contribution is -0.130. The summed E-state index contributed by atoms with van der Waals surface area (Å²) in [4.78, 5) is 15.1. The normalized spacial score (nSPS) is 34.6.